The van der Waals surface area contributed by atoms with Gasteiger partial charge >= 0.3 is 7.60 Å². The van der Waals surface area contributed by atoms with Gasteiger partial charge in [-0.25, -0.2) is 4.98 Å². The summed E-state index contributed by atoms with van der Waals surface area (Å²) in [4.78, 5) is 47.5. The van der Waals surface area contributed by atoms with Crippen molar-refractivity contribution in [1.82, 2.24) is 10.3 Å². The van der Waals surface area contributed by atoms with Crippen molar-refractivity contribution in [3.8, 4) is 22.5 Å². The number of hydrogen-bond donors (Lipinski definition) is 4. The molecular formula is C26H26N3O6PS. The molecule has 4 aromatic rings. The van der Waals surface area contributed by atoms with Crippen LogP contribution in [0, 0.1) is 5.92 Å². The Bertz CT molecular complexity index is 1520. The van der Waals surface area contributed by atoms with Crippen molar-refractivity contribution in [1.29, 1.82) is 0 Å². The van der Waals surface area contributed by atoms with Crippen LogP contribution in [-0.4, -0.2) is 32.6 Å². The second-order valence-corrected chi connectivity index (χ2v) is 11.7. The molecule has 4 N–H and O–H groups in total. The standard InChI is InChI=1S/C26H26N3O6PS/c1-15(30)27-19-10-8-16(9-11-19)25(31)29-26-28-21-7-3-6-20(24(21)37-26)17-4-2-5-18(14-17)22-12-13-23(35-22)36(32,33)34/h2-7,12-14,16,19H,8-11H2,1H3,(H,27,30)(H,28,29,31)(H2,32,33,34). The molecule has 2 heterocycles. The molecule has 0 aliphatic heterocycles. The lowest BCUT2D eigenvalue weighted by Crippen LogP contribution is -2.38. The number of carbonyl (C=O) groups excluding carboxylic acids is 2. The number of carbonyl (C=O) groups is 2. The maximum Gasteiger partial charge on any atom is 0.391 e. The van der Waals surface area contributed by atoms with Gasteiger partial charge < -0.3 is 24.8 Å². The number of anilines is 1. The molecule has 1 aliphatic rings. The number of nitrogens with zero attached hydrogens (tertiary/aromatic N) is 1. The molecule has 0 radical (unpaired) electrons. The van der Waals surface area contributed by atoms with Crippen LogP contribution in [0.1, 0.15) is 32.6 Å². The normalized spacial score (nSPS) is 18.0. The fraction of sp³-hybridized carbons (Fsp3) is 0.269. The second kappa shape index (κ2) is 10.2. The van der Waals surface area contributed by atoms with Crippen molar-refractivity contribution in [3.63, 3.8) is 0 Å². The maximum atomic E-state index is 12.9. The summed E-state index contributed by atoms with van der Waals surface area (Å²) in [6, 6.07) is 16.2. The molecule has 5 rings (SSSR count). The fourth-order valence-electron chi connectivity index (χ4n) is 4.70. The van der Waals surface area contributed by atoms with Crippen LogP contribution in [0.15, 0.2) is 59.0 Å². The molecule has 1 saturated carbocycles. The quantitative estimate of drug-likeness (QED) is 0.261. The molecule has 0 bridgehead atoms. The summed E-state index contributed by atoms with van der Waals surface area (Å²) in [5, 5.41) is 6.44. The van der Waals surface area contributed by atoms with E-state index in [1.54, 1.807) is 0 Å². The van der Waals surface area contributed by atoms with Crippen LogP contribution in [0.5, 0.6) is 0 Å². The van der Waals surface area contributed by atoms with E-state index < -0.39 is 7.60 Å². The molecular weight excluding hydrogens is 513 g/mol. The number of nitrogens with one attached hydrogen (secondary N) is 2. The molecule has 2 aromatic carbocycles. The maximum absolute atomic E-state index is 12.9. The summed E-state index contributed by atoms with van der Waals surface area (Å²) in [5.41, 5.74) is 2.88. The van der Waals surface area contributed by atoms with Gasteiger partial charge in [-0.1, -0.05) is 41.7 Å². The summed E-state index contributed by atoms with van der Waals surface area (Å²) in [5.74, 6) is 0.152. The summed E-state index contributed by atoms with van der Waals surface area (Å²) in [6.07, 6.45) is 3.00. The van der Waals surface area contributed by atoms with E-state index in [1.807, 2.05) is 42.5 Å². The van der Waals surface area contributed by atoms with Crippen LogP contribution >= 0.6 is 18.9 Å². The average Bonchev–Trinajstić information content (AvgIpc) is 3.51. The zero-order valence-corrected chi connectivity index (χ0v) is 21.7. The Morgan fingerprint density at radius 2 is 1.76 bits per heavy atom. The third-order valence-corrected chi connectivity index (χ3v) is 8.32. The first-order valence-corrected chi connectivity index (χ1v) is 14.3. The van der Waals surface area contributed by atoms with E-state index in [0.717, 1.165) is 47.0 Å². The van der Waals surface area contributed by atoms with Crippen LogP contribution in [0.3, 0.4) is 0 Å². The summed E-state index contributed by atoms with van der Waals surface area (Å²) in [7, 11) is -4.47. The predicted molar refractivity (Wildman–Crippen MR) is 143 cm³/mol. The van der Waals surface area contributed by atoms with Gasteiger partial charge in [0.15, 0.2) is 5.13 Å². The van der Waals surface area contributed by atoms with E-state index in [4.69, 9.17) is 4.42 Å². The Hall–Kier alpha value is -3.30. The van der Waals surface area contributed by atoms with Gasteiger partial charge in [0.05, 0.1) is 10.2 Å². The highest BCUT2D eigenvalue weighted by molar-refractivity contribution is 7.59. The van der Waals surface area contributed by atoms with Crippen LogP contribution in [0.2, 0.25) is 0 Å². The molecule has 2 amide bonds. The van der Waals surface area contributed by atoms with Crippen LogP contribution < -0.4 is 16.1 Å². The molecule has 37 heavy (non-hydrogen) atoms. The number of furan rings is 1. The minimum absolute atomic E-state index is 0.0428. The monoisotopic (exact) mass is 539 g/mol. The lowest BCUT2D eigenvalue weighted by atomic mass is 9.85. The Labute approximate surface area is 217 Å². The van der Waals surface area contributed by atoms with Gasteiger partial charge in [-0.05, 0) is 55.5 Å². The number of rotatable bonds is 6. The zero-order valence-electron chi connectivity index (χ0n) is 20.0. The van der Waals surface area contributed by atoms with Gasteiger partial charge in [-0.2, -0.15) is 0 Å². The third kappa shape index (κ3) is 5.67. The molecule has 192 valence electrons. The zero-order chi connectivity index (χ0) is 26.2. The Morgan fingerprint density at radius 1 is 1.03 bits per heavy atom. The highest BCUT2D eigenvalue weighted by atomic mass is 32.1. The molecule has 0 spiro atoms. The molecule has 0 saturated heterocycles. The lowest BCUT2D eigenvalue weighted by molar-refractivity contribution is -0.121. The van der Waals surface area contributed by atoms with Gasteiger partial charge in [0, 0.05) is 30.0 Å². The van der Waals surface area contributed by atoms with E-state index in [2.05, 4.69) is 15.6 Å². The van der Waals surface area contributed by atoms with Crippen LogP contribution in [0.25, 0.3) is 32.7 Å². The van der Waals surface area contributed by atoms with Crippen molar-refractivity contribution >= 4 is 51.6 Å². The molecule has 2 aromatic heterocycles. The van der Waals surface area contributed by atoms with Crippen molar-refractivity contribution in [2.24, 2.45) is 5.92 Å². The smallest absolute Gasteiger partial charge is 0.391 e. The van der Waals surface area contributed by atoms with E-state index in [9.17, 15) is 23.9 Å². The van der Waals surface area contributed by atoms with E-state index >= 15 is 0 Å². The first kappa shape index (κ1) is 25.4. The SMILES string of the molecule is CC(=O)NC1CCC(C(=O)Nc2nc3cccc(-c4cccc(-c5ccc(P(=O)(O)O)o5)c4)c3s2)CC1. The molecule has 1 fully saturated rings. The number of thiazole rings is 1. The Kier molecular flexibility index (Phi) is 7.00. The van der Waals surface area contributed by atoms with Gasteiger partial charge in [0.25, 0.3) is 0 Å². The van der Waals surface area contributed by atoms with Crippen molar-refractivity contribution in [3.05, 3.63) is 54.6 Å². The minimum atomic E-state index is -4.47. The molecule has 9 nitrogen and oxygen atoms in total. The number of benzene rings is 2. The highest BCUT2D eigenvalue weighted by Crippen LogP contribution is 2.38. The van der Waals surface area contributed by atoms with Crippen LogP contribution in [0.4, 0.5) is 5.13 Å². The van der Waals surface area contributed by atoms with Gasteiger partial charge in [0.2, 0.25) is 17.3 Å². The first-order chi connectivity index (χ1) is 17.7. The molecule has 11 heteroatoms. The largest absolute Gasteiger partial charge is 0.448 e. The van der Waals surface area contributed by atoms with Crippen molar-refractivity contribution in [2.75, 3.05) is 5.32 Å². The van der Waals surface area contributed by atoms with Crippen molar-refractivity contribution in [2.45, 2.75) is 38.6 Å². The highest BCUT2D eigenvalue weighted by Gasteiger charge is 2.27. The number of amides is 2. The van der Waals surface area contributed by atoms with E-state index in [1.165, 1.54) is 30.4 Å². The van der Waals surface area contributed by atoms with Gasteiger partial charge in [-0.3, -0.25) is 14.2 Å². The summed E-state index contributed by atoms with van der Waals surface area (Å²) < 4.78 is 17.8. The molecule has 0 unspecified atom stereocenters. The molecule has 1 aliphatic carbocycles. The first-order valence-electron chi connectivity index (χ1n) is 11.9. The van der Waals surface area contributed by atoms with E-state index in [0.29, 0.717) is 16.5 Å². The molecule has 0 atom stereocenters. The second-order valence-electron chi connectivity index (χ2n) is 9.17. The average molecular weight is 540 g/mol. The minimum Gasteiger partial charge on any atom is -0.448 e. The number of aromatic nitrogens is 1. The number of hydrogen-bond acceptors (Lipinski definition) is 6. The van der Waals surface area contributed by atoms with Gasteiger partial charge in [0.1, 0.15) is 5.76 Å². The lowest BCUT2D eigenvalue weighted by Gasteiger charge is -2.27. The summed E-state index contributed by atoms with van der Waals surface area (Å²) >= 11 is 1.40. The Balaban J connectivity index is 1.35. The fourth-order valence-corrected chi connectivity index (χ4v) is 6.19. The van der Waals surface area contributed by atoms with Crippen molar-refractivity contribution < 1.29 is 28.4 Å². The summed E-state index contributed by atoms with van der Waals surface area (Å²) in [6.45, 7) is 1.51. The van der Waals surface area contributed by atoms with E-state index in [-0.39, 0.29) is 29.3 Å². The predicted octanol–water partition coefficient (Wildman–Crippen LogP) is 4.66. The topological polar surface area (TPSA) is 142 Å². The van der Waals surface area contributed by atoms with Crippen LogP contribution in [-0.2, 0) is 14.2 Å². The Morgan fingerprint density at radius 3 is 2.46 bits per heavy atom. The van der Waals surface area contributed by atoms with Gasteiger partial charge in [-0.15, -0.1) is 0 Å². The third-order valence-electron chi connectivity index (χ3n) is 6.49. The number of fused-ring (bicyclic) bond motifs is 1.